The zero-order valence-electron chi connectivity index (χ0n) is 11.5. The van der Waals surface area contributed by atoms with Crippen molar-refractivity contribution in [3.8, 4) is 0 Å². The fraction of sp³-hybridized carbons (Fsp3) is 0.571. The molecule has 0 saturated heterocycles. The lowest BCUT2D eigenvalue weighted by atomic mass is 10.0. The molecule has 5 nitrogen and oxygen atoms in total. The minimum atomic E-state index is -0.713. The summed E-state index contributed by atoms with van der Waals surface area (Å²) in [5.41, 5.74) is 0.562. The molecule has 1 aromatic heterocycles. The van der Waals surface area contributed by atoms with E-state index >= 15 is 0 Å². The quantitative estimate of drug-likeness (QED) is 0.864. The topological polar surface area (TPSA) is 65.5 Å². The lowest BCUT2D eigenvalue weighted by Gasteiger charge is -2.28. The number of carbonyl (C=O) groups excluding carboxylic acids is 1. The molecule has 1 fully saturated rings. The molecule has 0 spiro atoms. The second-order valence-corrected chi connectivity index (χ2v) is 5.27. The fourth-order valence-electron chi connectivity index (χ4n) is 2.57. The van der Waals surface area contributed by atoms with Gasteiger partial charge in [-0.05, 0) is 25.0 Å². The molecule has 104 valence electrons. The molecule has 0 aliphatic heterocycles. The number of rotatable bonds is 4. The zero-order valence-corrected chi connectivity index (χ0v) is 11.5. The van der Waals surface area contributed by atoms with Crippen LogP contribution in [0.5, 0.6) is 0 Å². The monoisotopic (exact) mass is 263 g/mol. The fourth-order valence-corrected chi connectivity index (χ4v) is 2.57. The van der Waals surface area contributed by atoms with Gasteiger partial charge in [-0.25, -0.2) is 4.98 Å². The van der Waals surface area contributed by atoms with Crippen LogP contribution in [0, 0.1) is 0 Å². The van der Waals surface area contributed by atoms with Gasteiger partial charge in [-0.15, -0.1) is 0 Å². The van der Waals surface area contributed by atoms with E-state index in [0.29, 0.717) is 12.2 Å². The SMILES string of the molecule is CNc1ccc(C(=O)N(C)CC2(O)CCCC2)nc1. The van der Waals surface area contributed by atoms with Crippen molar-refractivity contribution < 1.29 is 9.90 Å². The van der Waals surface area contributed by atoms with Gasteiger partial charge in [0.15, 0.2) is 0 Å². The number of anilines is 1. The van der Waals surface area contributed by atoms with Crippen molar-refractivity contribution in [1.82, 2.24) is 9.88 Å². The number of pyridine rings is 1. The first kappa shape index (κ1) is 13.8. The minimum Gasteiger partial charge on any atom is -0.388 e. The van der Waals surface area contributed by atoms with Gasteiger partial charge in [-0.1, -0.05) is 12.8 Å². The molecule has 2 N–H and O–H groups in total. The van der Waals surface area contributed by atoms with E-state index in [-0.39, 0.29) is 5.91 Å². The Morgan fingerprint density at radius 2 is 2.16 bits per heavy atom. The normalized spacial score (nSPS) is 17.2. The van der Waals surface area contributed by atoms with Crippen molar-refractivity contribution >= 4 is 11.6 Å². The smallest absolute Gasteiger partial charge is 0.272 e. The van der Waals surface area contributed by atoms with E-state index < -0.39 is 5.60 Å². The minimum absolute atomic E-state index is 0.150. The number of aliphatic hydroxyl groups is 1. The summed E-state index contributed by atoms with van der Waals surface area (Å²) < 4.78 is 0. The number of hydrogen-bond donors (Lipinski definition) is 2. The molecule has 1 saturated carbocycles. The molecule has 19 heavy (non-hydrogen) atoms. The third kappa shape index (κ3) is 3.23. The number of nitrogens with one attached hydrogen (secondary N) is 1. The molecule has 0 unspecified atom stereocenters. The Morgan fingerprint density at radius 3 is 2.68 bits per heavy atom. The maximum atomic E-state index is 12.2. The largest absolute Gasteiger partial charge is 0.388 e. The van der Waals surface area contributed by atoms with Gasteiger partial charge in [0.05, 0.1) is 17.5 Å². The van der Waals surface area contributed by atoms with E-state index in [0.717, 1.165) is 31.4 Å². The summed E-state index contributed by atoms with van der Waals surface area (Å²) in [6.07, 6.45) is 5.25. The predicted molar refractivity (Wildman–Crippen MR) is 74.2 cm³/mol. The molecular formula is C14H21N3O2. The van der Waals surface area contributed by atoms with E-state index in [1.807, 2.05) is 6.07 Å². The summed E-state index contributed by atoms with van der Waals surface area (Å²) in [4.78, 5) is 17.9. The van der Waals surface area contributed by atoms with E-state index in [4.69, 9.17) is 0 Å². The molecule has 1 aliphatic rings. The van der Waals surface area contributed by atoms with Crippen LogP contribution in [0.15, 0.2) is 18.3 Å². The maximum Gasteiger partial charge on any atom is 0.272 e. The summed E-state index contributed by atoms with van der Waals surface area (Å²) >= 11 is 0. The highest BCUT2D eigenvalue weighted by molar-refractivity contribution is 5.92. The van der Waals surface area contributed by atoms with Crippen molar-refractivity contribution in [1.29, 1.82) is 0 Å². The van der Waals surface area contributed by atoms with Crippen molar-refractivity contribution in [2.75, 3.05) is 26.0 Å². The van der Waals surface area contributed by atoms with Gasteiger partial charge in [0.1, 0.15) is 5.69 Å². The second-order valence-electron chi connectivity index (χ2n) is 5.27. The molecule has 0 aromatic carbocycles. The van der Waals surface area contributed by atoms with Crippen LogP contribution >= 0.6 is 0 Å². The van der Waals surface area contributed by atoms with Crippen molar-refractivity contribution in [3.05, 3.63) is 24.0 Å². The van der Waals surface area contributed by atoms with Crippen LogP contribution in [0.3, 0.4) is 0 Å². The molecule has 0 bridgehead atoms. The van der Waals surface area contributed by atoms with Crippen LogP contribution in [-0.4, -0.2) is 47.1 Å². The first-order valence-corrected chi connectivity index (χ1v) is 6.66. The van der Waals surface area contributed by atoms with Crippen molar-refractivity contribution in [2.24, 2.45) is 0 Å². The van der Waals surface area contributed by atoms with Crippen LogP contribution in [0.1, 0.15) is 36.2 Å². The molecule has 0 radical (unpaired) electrons. The average Bonchev–Trinajstić information content (AvgIpc) is 2.84. The number of nitrogens with zero attached hydrogens (tertiary/aromatic N) is 2. The molecule has 5 heteroatoms. The van der Waals surface area contributed by atoms with Crippen molar-refractivity contribution in [2.45, 2.75) is 31.3 Å². The summed E-state index contributed by atoms with van der Waals surface area (Å²) in [7, 11) is 3.52. The number of carbonyl (C=O) groups is 1. The van der Waals surface area contributed by atoms with E-state index in [9.17, 15) is 9.90 Å². The highest BCUT2D eigenvalue weighted by Gasteiger charge is 2.33. The Hall–Kier alpha value is -1.62. The van der Waals surface area contributed by atoms with Crippen LogP contribution in [0.4, 0.5) is 5.69 Å². The molecule has 2 rings (SSSR count). The van der Waals surface area contributed by atoms with Gasteiger partial charge in [-0.3, -0.25) is 4.79 Å². The molecule has 1 aromatic rings. The summed E-state index contributed by atoms with van der Waals surface area (Å²) in [6, 6.07) is 3.52. The average molecular weight is 263 g/mol. The Bertz CT molecular complexity index is 439. The highest BCUT2D eigenvalue weighted by atomic mass is 16.3. The predicted octanol–water partition coefficient (Wildman–Crippen LogP) is 1.50. The van der Waals surface area contributed by atoms with Crippen molar-refractivity contribution in [3.63, 3.8) is 0 Å². The van der Waals surface area contributed by atoms with E-state index in [2.05, 4.69) is 10.3 Å². The van der Waals surface area contributed by atoms with E-state index in [1.54, 1.807) is 31.3 Å². The van der Waals surface area contributed by atoms with Gasteiger partial charge in [0.2, 0.25) is 0 Å². The van der Waals surface area contributed by atoms with Crippen LogP contribution < -0.4 is 5.32 Å². The van der Waals surface area contributed by atoms with Gasteiger partial charge >= 0.3 is 0 Å². The second kappa shape index (κ2) is 5.57. The Labute approximate surface area is 113 Å². The summed E-state index contributed by atoms with van der Waals surface area (Å²) in [6.45, 7) is 0.376. The first-order chi connectivity index (χ1) is 9.04. The molecule has 1 aliphatic carbocycles. The molecule has 1 amide bonds. The third-order valence-corrected chi connectivity index (χ3v) is 3.68. The Kier molecular flexibility index (Phi) is 4.04. The standard InChI is InChI=1S/C14H21N3O2/c1-15-11-5-6-12(16-9-11)13(18)17(2)10-14(19)7-3-4-8-14/h5-6,9,15,19H,3-4,7-8,10H2,1-2H3. The Morgan fingerprint density at radius 1 is 1.47 bits per heavy atom. The number of likely N-dealkylation sites (N-methyl/N-ethyl adjacent to an activating group) is 1. The number of hydrogen-bond acceptors (Lipinski definition) is 4. The van der Waals surface area contributed by atoms with Crippen LogP contribution in [0.2, 0.25) is 0 Å². The lowest BCUT2D eigenvalue weighted by molar-refractivity contribution is 0.0155. The van der Waals surface area contributed by atoms with Crippen LogP contribution in [0.25, 0.3) is 0 Å². The van der Waals surface area contributed by atoms with E-state index in [1.165, 1.54) is 0 Å². The Balaban J connectivity index is 2.01. The summed E-state index contributed by atoms with van der Waals surface area (Å²) in [5, 5.41) is 13.3. The van der Waals surface area contributed by atoms with Gasteiger partial charge in [0, 0.05) is 20.6 Å². The third-order valence-electron chi connectivity index (χ3n) is 3.68. The lowest BCUT2D eigenvalue weighted by Crippen LogP contribution is -2.42. The molecule has 1 heterocycles. The number of aromatic nitrogens is 1. The number of amides is 1. The molecule has 0 atom stereocenters. The van der Waals surface area contributed by atoms with Gasteiger partial charge in [0.25, 0.3) is 5.91 Å². The zero-order chi connectivity index (χ0) is 13.9. The first-order valence-electron chi connectivity index (χ1n) is 6.66. The maximum absolute atomic E-state index is 12.2. The highest BCUT2D eigenvalue weighted by Crippen LogP contribution is 2.30. The summed E-state index contributed by atoms with van der Waals surface area (Å²) in [5.74, 6) is -0.150. The van der Waals surface area contributed by atoms with Gasteiger partial charge in [-0.2, -0.15) is 0 Å². The molecular weight excluding hydrogens is 242 g/mol. The van der Waals surface area contributed by atoms with Gasteiger partial charge < -0.3 is 15.3 Å². The van der Waals surface area contributed by atoms with Crippen LogP contribution in [-0.2, 0) is 0 Å².